The molecule has 0 amide bonds. The van der Waals surface area contributed by atoms with E-state index in [1.54, 1.807) is 6.20 Å². The van der Waals surface area contributed by atoms with E-state index in [0.29, 0.717) is 0 Å². The van der Waals surface area contributed by atoms with Crippen molar-refractivity contribution in [2.75, 3.05) is 26.2 Å². The van der Waals surface area contributed by atoms with Crippen LogP contribution in [-0.2, 0) is 0 Å². The Morgan fingerprint density at radius 3 is 2.50 bits per heavy atom. The predicted octanol–water partition coefficient (Wildman–Crippen LogP) is 5.42. The summed E-state index contributed by atoms with van der Waals surface area (Å²) in [5.41, 5.74) is 3.20. The molecule has 0 unspecified atom stereocenters. The van der Waals surface area contributed by atoms with Crippen molar-refractivity contribution >= 4 is 22.5 Å². The molecule has 0 aliphatic carbocycles. The number of aromatic nitrogens is 1. The van der Waals surface area contributed by atoms with Crippen LogP contribution in [0.3, 0.4) is 0 Å². The fraction of sp³-hybridized carbons (Fsp3) is 0.318. The highest BCUT2D eigenvalue weighted by Crippen LogP contribution is 2.28. The summed E-state index contributed by atoms with van der Waals surface area (Å²) in [6.45, 7) is 4.18. The van der Waals surface area contributed by atoms with Gasteiger partial charge in [0.05, 0.1) is 10.5 Å². The van der Waals surface area contributed by atoms with Crippen molar-refractivity contribution < 1.29 is 4.74 Å². The van der Waals surface area contributed by atoms with E-state index in [9.17, 15) is 0 Å². The lowest BCUT2D eigenvalue weighted by Crippen LogP contribution is -2.33. The van der Waals surface area contributed by atoms with Crippen molar-refractivity contribution in [3.63, 3.8) is 0 Å². The highest BCUT2D eigenvalue weighted by Gasteiger charge is 2.09. The van der Waals surface area contributed by atoms with E-state index in [1.165, 1.54) is 32.4 Å². The molecule has 1 aromatic heterocycles. The van der Waals surface area contributed by atoms with E-state index >= 15 is 0 Å². The standard InChI is InChI=1S/C22H23ClN2O/c23-21-10-11-24-22-16-18(6-9-20(21)22)17-4-7-19(8-5-17)26-15-14-25-12-2-1-3-13-25/h4-11,16H,1-3,12-15H2. The fourth-order valence-electron chi connectivity index (χ4n) is 3.51. The third-order valence-corrected chi connectivity index (χ3v) is 5.33. The Morgan fingerprint density at radius 2 is 1.69 bits per heavy atom. The monoisotopic (exact) mass is 366 g/mol. The molecule has 1 saturated heterocycles. The summed E-state index contributed by atoms with van der Waals surface area (Å²) < 4.78 is 5.91. The zero-order valence-electron chi connectivity index (χ0n) is 14.8. The van der Waals surface area contributed by atoms with E-state index in [-0.39, 0.29) is 0 Å². The highest BCUT2D eigenvalue weighted by atomic mass is 35.5. The lowest BCUT2D eigenvalue weighted by molar-refractivity contribution is 0.183. The molecule has 1 aliphatic rings. The lowest BCUT2D eigenvalue weighted by atomic mass is 10.0. The molecule has 26 heavy (non-hydrogen) atoms. The van der Waals surface area contributed by atoms with E-state index in [0.717, 1.165) is 46.0 Å². The van der Waals surface area contributed by atoms with Crippen molar-refractivity contribution in [2.45, 2.75) is 19.3 Å². The van der Waals surface area contributed by atoms with E-state index in [1.807, 2.05) is 24.3 Å². The van der Waals surface area contributed by atoms with Crippen molar-refractivity contribution in [2.24, 2.45) is 0 Å². The van der Waals surface area contributed by atoms with Gasteiger partial charge in [-0.2, -0.15) is 0 Å². The largest absolute Gasteiger partial charge is 0.492 e. The van der Waals surface area contributed by atoms with E-state index in [4.69, 9.17) is 16.3 Å². The molecule has 4 rings (SSSR count). The average Bonchev–Trinajstić information content (AvgIpc) is 2.69. The first-order valence-corrected chi connectivity index (χ1v) is 9.67. The number of halogens is 1. The Labute approximate surface area is 159 Å². The van der Waals surface area contributed by atoms with Crippen LogP contribution in [0.2, 0.25) is 5.02 Å². The number of likely N-dealkylation sites (tertiary alicyclic amines) is 1. The van der Waals surface area contributed by atoms with Crippen LogP contribution in [0, 0.1) is 0 Å². The molecular weight excluding hydrogens is 344 g/mol. The number of piperidine rings is 1. The molecule has 0 N–H and O–H groups in total. The predicted molar refractivity (Wildman–Crippen MR) is 108 cm³/mol. The van der Waals surface area contributed by atoms with Crippen LogP contribution < -0.4 is 4.74 Å². The molecule has 134 valence electrons. The molecule has 0 bridgehead atoms. The second kappa shape index (κ2) is 8.07. The van der Waals surface area contributed by atoms with Gasteiger partial charge in [-0.1, -0.05) is 42.3 Å². The summed E-state index contributed by atoms with van der Waals surface area (Å²) in [6.07, 6.45) is 5.75. The quantitative estimate of drug-likeness (QED) is 0.602. The number of rotatable bonds is 5. The molecule has 4 heteroatoms. The minimum Gasteiger partial charge on any atom is -0.492 e. The van der Waals surface area contributed by atoms with Gasteiger partial charge < -0.3 is 4.74 Å². The summed E-state index contributed by atoms with van der Waals surface area (Å²) in [6, 6.07) is 16.3. The number of ether oxygens (including phenoxy) is 1. The number of pyridine rings is 1. The maximum Gasteiger partial charge on any atom is 0.119 e. The van der Waals surface area contributed by atoms with Crippen LogP contribution in [0.15, 0.2) is 54.7 Å². The van der Waals surface area contributed by atoms with Gasteiger partial charge in [-0.05, 0) is 61.3 Å². The third kappa shape index (κ3) is 4.00. The van der Waals surface area contributed by atoms with Gasteiger partial charge in [-0.25, -0.2) is 0 Å². The molecule has 1 aliphatic heterocycles. The minimum absolute atomic E-state index is 0.735. The van der Waals surface area contributed by atoms with Crippen molar-refractivity contribution in [3.8, 4) is 16.9 Å². The SMILES string of the molecule is Clc1ccnc2cc(-c3ccc(OCCN4CCCCC4)cc3)ccc12. The fourth-order valence-corrected chi connectivity index (χ4v) is 3.73. The van der Waals surface area contributed by atoms with Crippen molar-refractivity contribution in [3.05, 3.63) is 59.8 Å². The first-order chi connectivity index (χ1) is 12.8. The van der Waals surface area contributed by atoms with Crippen LogP contribution in [-0.4, -0.2) is 36.1 Å². The zero-order chi connectivity index (χ0) is 17.8. The summed E-state index contributed by atoms with van der Waals surface area (Å²) >= 11 is 6.22. The first kappa shape index (κ1) is 17.3. The Balaban J connectivity index is 1.41. The van der Waals surface area contributed by atoms with Gasteiger partial charge in [0.2, 0.25) is 0 Å². The van der Waals surface area contributed by atoms with Gasteiger partial charge in [0, 0.05) is 18.1 Å². The van der Waals surface area contributed by atoms with Crippen LogP contribution >= 0.6 is 11.6 Å². The zero-order valence-corrected chi connectivity index (χ0v) is 15.6. The smallest absolute Gasteiger partial charge is 0.119 e. The molecule has 3 nitrogen and oxygen atoms in total. The Kier molecular flexibility index (Phi) is 5.37. The summed E-state index contributed by atoms with van der Waals surface area (Å²) in [4.78, 5) is 6.91. The molecule has 0 atom stereocenters. The summed E-state index contributed by atoms with van der Waals surface area (Å²) in [7, 11) is 0. The van der Waals surface area contributed by atoms with Crippen LogP contribution in [0.5, 0.6) is 5.75 Å². The van der Waals surface area contributed by atoms with Crippen LogP contribution in [0.25, 0.3) is 22.0 Å². The van der Waals surface area contributed by atoms with Gasteiger partial charge in [0.25, 0.3) is 0 Å². The maximum atomic E-state index is 6.22. The minimum atomic E-state index is 0.735. The molecule has 3 aromatic rings. The van der Waals surface area contributed by atoms with Crippen molar-refractivity contribution in [1.82, 2.24) is 9.88 Å². The van der Waals surface area contributed by atoms with Crippen LogP contribution in [0.4, 0.5) is 0 Å². The Bertz CT molecular complexity index is 873. The topological polar surface area (TPSA) is 25.4 Å². The van der Waals surface area contributed by atoms with Gasteiger partial charge in [-0.3, -0.25) is 9.88 Å². The lowest BCUT2D eigenvalue weighted by Gasteiger charge is -2.26. The number of fused-ring (bicyclic) bond motifs is 1. The highest BCUT2D eigenvalue weighted by molar-refractivity contribution is 6.35. The molecule has 0 radical (unpaired) electrons. The Morgan fingerprint density at radius 1 is 0.923 bits per heavy atom. The Hall–Kier alpha value is -2.10. The molecule has 2 heterocycles. The molecule has 0 spiro atoms. The number of hydrogen-bond acceptors (Lipinski definition) is 3. The number of nitrogens with zero attached hydrogens (tertiary/aromatic N) is 2. The summed E-state index contributed by atoms with van der Waals surface area (Å²) in [5, 5.41) is 1.72. The maximum absolute atomic E-state index is 6.22. The normalized spacial score (nSPS) is 15.3. The van der Waals surface area contributed by atoms with Gasteiger partial charge in [-0.15, -0.1) is 0 Å². The van der Waals surface area contributed by atoms with Gasteiger partial charge in [0.15, 0.2) is 0 Å². The van der Waals surface area contributed by atoms with Crippen LogP contribution in [0.1, 0.15) is 19.3 Å². The second-order valence-corrected chi connectivity index (χ2v) is 7.21. The van der Waals surface area contributed by atoms with E-state index < -0.39 is 0 Å². The van der Waals surface area contributed by atoms with Gasteiger partial charge in [0.1, 0.15) is 12.4 Å². The number of hydrogen-bond donors (Lipinski definition) is 0. The van der Waals surface area contributed by atoms with Crippen molar-refractivity contribution in [1.29, 1.82) is 0 Å². The summed E-state index contributed by atoms with van der Waals surface area (Å²) in [5.74, 6) is 0.924. The molecule has 0 saturated carbocycles. The van der Waals surface area contributed by atoms with Gasteiger partial charge >= 0.3 is 0 Å². The first-order valence-electron chi connectivity index (χ1n) is 9.29. The molecule has 1 fully saturated rings. The third-order valence-electron chi connectivity index (χ3n) is 5.00. The number of benzene rings is 2. The molecule has 2 aromatic carbocycles. The average molecular weight is 367 g/mol. The second-order valence-electron chi connectivity index (χ2n) is 6.80. The van der Waals surface area contributed by atoms with E-state index in [2.05, 4.69) is 34.1 Å². The molecular formula is C22H23ClN2O.